The molecule has 2 N–H and O–H groups in total. The number of halogens is 1. The molecule has 0 aliphatic heterocycles. The van der Waals surface area contributed by atoms with Crippen molar-refractivity contribution in [2.24, 2.45) is 10.9 Å². The molecule has 2 heterocycles. The third-order valence-corrected chi connectivity index (χ3v) is 2.90. The minimum absolute atomic E-state index is 0.153. The Labute approximate surface area is 136 Å². The number of pyridine rings is 1. The number of ether oxygens (including phenoxy) is 1. The van der Waals surface area contributed by atoms with E-state index in [2.05, 4.69) is 37.6 Å². The van der Waals surface area contributed by atoms with E-state index in [1.165, 1.54) is 7.11 Å². The molecule has 0 aromatic carbocycles. The molecule has 0 amide bonds. The van der Waals surface area contributed by atoms with Gasteiger partial charge in [0.2, 0.25) is 5.88 Å². The second-order valence-electron chi connectivity index (χ2n) is 4.41. The van der Waals surface area contributed by atoms with Crippen LogP contribution in [-0.2, 0) is 4.84 Å². The molecule has 116 valence electrons. The largest absolute Gasteiger partial charge is 0.479 e. The van der Waals surface area contributed by atoms with Gasteiger partial charge >= 0.3 is 0 Å². The van der Waals surface area contributed by atoms with Crippen molar-refractivity contribution in [3.05, 3.63) is 47.1 Å². The summed E-state index contributed by atoms with van der Waals surface area (Å²) in [5.41, 5.74) is 7.95. The van der Waals surface area contributed by atoms with E-state index in [4.69, 9.17) is 15.3 Å². The number of hydrogen-bond donors (Lipinski definition) is 1. The van der Waals surface area contributed by atoms with Gasteiger partial charge in [0, 0.05) is 10.7 Å². The maximum Gasteiger partial charge on any atom is 0.238 e. The number of nitrogens with two attached hydrogens (primary N) is 1. The summed E-state index contributed by atoms with van der Waals surface area (Å²) in [4.78, 5) is 13.5. The molecule has 2 aromatic rings. The summed E-state index contributed by atoms with van der Waals surface area (Å²) in [6.07, 6.45) is 3.57. The lowest BCUT2D eigenvalue weighted by atomic mass is 10.3. The first-order valence-electron chi connectivity index (χ1n) is 6.36. The second kappa shape index (κ2) is 7.08. The fourth-order valence-corrected chi connectivity index (χ4v) is 1.80. The topological polar surface area (TPSA) is 87.6 Å². The van der Waals surface area contributed by atoms with Gasteiger partial charge in [0.1, 0.15) is 18.0 Å². The molecule has 0 saturated heterocycles. The van der Waals surface area contributed by atoms with Gasteiger partial charge in [0.05, 0.1) is 19.1 Å². The summed E-state index contributed by atoms with van der Waals surface area (Å²) in [6.45, 7) is 5.77. The monoisotopic (exact) mass is 365 g/mol. The third-order valence-electron chi connectivity index (χ3n) is 2.67. The van der Waals surface area contributed by atoms with Crippen LogP contribution in [0, 0.1) is 6.92 Å². The van der Waals surface area contributed by atoms with Crippen LogP contribution < -0.4 is 10.5 Å². The fraction of sp³-hybridized carbons (Fsp3) is 0.214. The lowest BCUT2D eigenvalue weighted by molar-refractivity contribution is 0.173. The van der Waals surface area contributed by atoms with Crippen molar-refractivity contribution in [2.45, 2.75) is 6.92 Å². The first kappa shape index (κ1) is 16.0. The predicted octanol–water partition coefficient (Wildman–Crippen LogP) is 2.13. The highest BCUT2D eigenvalue weighted by molar-refractivity contribution is 9.11. The van der Waals surface area contributed by atoms with Crippen LogP contribution in [0.5, 0.6) is 5.88 Å². The molecule has 0 fully saturated rings. The van der Waals surface area contributed by atoms with E-state index in [1.807, 2.05) is 23.8 Å². The molecule has 2 rings (SSSR count). The Balaban J connectivity index is 2.27. The van der Waals surface area contributed by atoms with Crippen LogP contribution in [0.4, 0.5) is 0 Å². The third kappa shape index (κ3) is 3.85. The molecule has 0 radical (unpaired) electrons. The molecule has 0 unspecified atom stereocenters. The van der Waals surface area contributed by atoms with Crippen LogP contribution >= 0.6 is 15.9 Å². The standard InChI is InChI=1S/C14H16BrN5O2/c1-9(15)7-22-19-13(16)11-4-5-12(14(18-11)21-3)20-6-10(2)17-8-20/h4-6,8H,1,7H2,2-3H3,(H2,16,19). The maximum absolute atomic E-state index is 5.84. The lowest BCUT2D eigenvalue weighted by Gasteiger charge is -2.09. The van der Waals surface area contributed by atoms with Crippen LogP contribution in [0.15, 0.2) is 40.9 Å². The summed E-state index contributed by atoms with van der Waals surface area (Å²) in [6, 6.07) is 3.56. The van der Waals surface area contributed by atoms with Crippen molar-refractivity contribution in [3.8, 4) is 11.6 Å². The molecular weight excluding hydrogens is 350 g/mol. The number of rotatable bonds is 6. The lowest BCUT2D eigenvalue weighted by Crippen LogP contribution is -2.16. The van der Waals surface area contributed by atoms with Crippen molar-refractivity contribution in [1.29, 1.82) is 0 Å². The minimum Gasteiger partial charge on any atom is -0.479 e. The van der Waals surface area contributed by atoms with E-state index in [9.17, 15) is 0 Å². The van der Waals surface area contributed by atoms with Gasteiger partial charge < -0.3 is 19.9 Å². The van der Waals surface area contributed by atoms with E-state index in [1.54, 1.807) is 12.4 Å². The molecular formula is C14H16BrN5O2. The van der Waals surface area contributed by atoms with Crippen LogP contribution in [0.3, 0.4) is 0 Å². The number of oxime groups is 1. The smallest absolute Gasteiger partial charge is 0.238 e. The van der Waals surface area contributed by atoms with E-state index in [0.717, 1.165) is 11.4 Å². The van der Waals surface area contributed by atoms with Crippen molar-refractivity contribution >= 4 is 21.8 Å². The highest BCUT2D eigenvalue weighted by Crippen LogP contribution is 2.21. The van der Waals surface area contributed by atoms with Gasteiger partial charge in [-0.2, -0.15) is 0 Å². The molecule has 22 heavy (non-hydrogen) atoms. The Hall–Kier alpha value is -2.35. The molecule has 8 heteroatoms. The molecule has 0 aliphatic rings. The first-order valence-corrected chi connectivity index (χ1v) is 7.15. The van der Waals surface area contributed by atoms with Crippen LogP contribution in [0.2, 0.25) is 0 Å². The number of hydrogen-bond acceptors (Lipinski definition) is 5. The zero-order valence-electron chi connectivity index (χ0n) is 12.3. The Bertz CT molecular complexity index is 711. The van der Waals surface area contributed by atoms with E-state index in [-0.39, 0.29) is 12.4 Å². The molecule has 0 spiro atoms. The summed E-state index contributed by atoms with van der Waals surface area (Å²) >= 11 is 3.17. The molecule has 0 saturated carbocycles. The zero-order valence-corrected chi connectivity index (χ0v) is 13.9. The maximum atomic E-state index is 5.84. The molecule has 7 nitrogen and oxygen atoms in total. The van der Waals surface area contributed by atoms with Gasteiger partial charge in [0.25, 0.3) is 0 Å². The first-order chi connectivity index (χ1) is 10.5. The normalized spacial score (nSPS) is 11.3. The summed E-state index contributed by atoms with van der Waals surface area (Å²) < 4.78 is 7.80. The van der Waals surface area contributed by atoms with Crippen LogP contribution in [-0.4, -0.2) is 34.1 Å². The zero-order chi connectivity index (χ0) is 16.1. The molecule has 0 aliphatic carbocycles. The summed E-state index contributed by atoms with van der Waals surface area (Å²) in [5, 5.41) is 3.78. The van der Waals surface area contributed by atoms with Gasteiger partial charge in [-0.1, -0.05) is 27.7 Å². The van der Waals surface area contributed by atoms with Crippen LogP contribution in [0.1, 0.15) is 11.4 Å². The fourth-order valence-electron chi connectivity index (χ4n) is 1.69. The van der Waals surface area contributed by atoms with E-state index < -0.39 is 0 Å². The number of aromatic nitrogens is 3. The Kier molecular flexibility index (Phi) is 5.16. The number of nitrogens with zero attached hydrogens (tertiary/aromatic N) is 4. The van der Waals surface area contributed by atoms with Crippen LogP contribution in [0.25, 0.3) is 5.69 Å². The van der Waals surface area contributed by atoms with E-state index in [0.29, 0.717) is 16.1 Å². The molecule has 0 bridgehead atoms. The highest BCUT2D eigenvalue weighted by atomic mass is 79.9. The van der Waals surface area contributed by atoms with Gasteiger partial charge in [-0.05, 0) is 19.1 Å². The minimum atomic E-state index is 0.153. The predicted molar refractivity (Wildman–Crippen MR) is 87.4 cm³/mol. The van der Waals surface area contributed by atoms with Gasteiger partial charge in [0.15, 0.2) is 5.84 Å². The quantitative estimate of drug-likeness (QED) is 0.481. The van der Waals surface area contributed by atoms with Crippen molar-refractivity contribution in [3.63, 3.8) is 0 Å². The van der Waals surface area contributed by atoms with Crippen molar-refractivity contribution in [2.75, 3.05) is 13.7 Å². The number of imidazole rings is 1. The van der Waals surface area contributed by atoms with Gasteiger partial charge in [-0.25, -0.2) is 9.97 Å². The Morgan fingerprint density at radius 2 is 2.27 bits per heavy atom. The molecule has 0 atom stereocenters. The van der Waals surface area contributed by atoms with Gasteiger partial charge in [-0.3, -0.25) is 0 Å². The highest BCUT2D eigenvalue weighted by Gasteiger charge is 2.11. The average molecular weight is 366 g/mol. The SMILES string of the molecule is C=C(Br)CO/N=C(\N)c1ccc(-n2cnc(C)c2)c(OC)n1. The number of methoxy groups -OCH3 is 1. The Morgan fingerprint density at radius 3 is 2.86 bits per heavy atom. The summed E-state index contributed by atoms with van der Waals surface area (Å²) in [5.74, 6) is 0.568. The number of amidine groups is 1. The molecule has 2 aromatic heterocycles. The number of aryl methyl sites for hydroxylation is 1. The summed E-state index contributed by atoms with van der Waals surface area (Å²) in [7, 11) is 1.54. The van der Waals surface area contributed by atoms with Crippen molar-refractivity contribution in [1.82, 2.24) is 14.5 Å². The van der Waals surface area contributed by atoms with E-state index >= 15 is 0 Å². The second-order valence-corrected chi connectivity index (χ2v) is 5.54. The average Bonchev–Trinajstić information content (AvgIpc) is 2.92. The Morgan fingerprint density at radius 1 is 1.50 bits per heavy atom. The van der Waals surface area contributed by atoms with Gasteiger partial charge in [-0.15, -0.1) is 0 Å². The van der Waals surface area contributed by atoms with Crippen molar-refractivity contribution < 1.29 is 9.57 Å².